The van der Waals surface area contributed by atoms with E-state index >= 15 is 0 Å². The van der Waals surface area contributed by atoms with Crippen molar-refractivity contribution in [2.24, 2.45) is 0 Å². The number of hydrogen-bond acceptors (Lipinski definition) is 5. The maximum absolute atomic E-state index is 12.6. The van der Waals surface area contributed by atoms with E-state index < -0.39 is 0 Å². The first kappa shape index (κ1) is 18.0. The number of carbonyl (C=O) groups excluding carboxylic acids is 1. The van der Waals surface area contributed by atoms with Crippen LogP contribution in [0.15, 0.2) is 24.3 Å². The molecule has 2 aliphatic heterocycles. The molecule has 25 heavy (non-hydrogen) atoms. The smallest absolute Gasteiger partial charge is 0.239 e. The lowest BCUT2D eigenvalue weighted by Crippen LogP contribution is -2.56. The van der Waals surface area contributed by atoms with E-state index in [1.165, 1.54) is 0 Å². The summed E-state index contributed by atoms with van der Waals surface area (Å²) in [7, 11) is 1.71. The van der Waals surface area contributed by atoms with E-state index in [0.717, 1.165) is 57.1 Å². The fraction of sp³-hybridized carbons (Fsp3) is 0.632. The van der Waals surface area contributed by atoms with Crippen molar-refractivity contribution in [3.8, 4) is 5.75 Å². The molecule has 0 aromatic heterocycles. The summed E-state index contributed by atoms with van der Waals surface area (Å²) in [6.07, 6.45) is 1.90. The van der Waals surface area contributed by atoms with E-state index in [2.05, 4.69) is 28.1 Å². The minimum absolute atomic E-state index is 0.109. The van der Waals surface area contributed by atoms with Crippen LogP contribution in [0.4, 0.5) is 5.69 Å². The number of benzene rings is 1. The van der Waals surface area contributed by atoms with Gasteiger partial charge in [0.05, 0.1) is 26.0 Å². The highest BCUT2D eigenvalue weighted by Crippen LogP contribution is 2.29. The lowest BCUT2D eigenvalue weighted by atomic mass is 10.0. The van der Waals surface area contributed by atoms with Crippen LogP contribution in [0, 0.1) is 0 Å². The molecule has 0 spiro atoms. The zero-order valence-corrected chi connectivity index (χ0v) is 15.2. The zero-order chi connectivity index (χ0) is 17.6. The van der Waals surface area contributed by atoms with Crippen molar-refractivity contribution in [2.75, 3.05) is 51.4 Å². The van der Waals surface area contributed by atoms with E-state index in [-0.39, 0.29) is 18.0 Å². The third kappa shape index (κ3) is 4.25. The van der Waals surface area contributed by atoms with Crippen molar-refractivity contribution >= 4 is 11.6 Å². The molecule has 6 nitrogen and oxygen atoms in total. The molecule has 1 aromatic rings. The number of anilines is 1. The minimum atomic E-state index is -0.147. The molecule has 0 saturated carbocycles. The quantitative estimate of drug-likeness (QED) is 0.875. The van der Waals surface area contributed by atoms with Crippen molar-refractivity contribution in [3.63, 3.8) is 0 Å². The number of rotatable bonds is 5. The number of piperidine rings is 1. The molecule has 1 amide bonds. The fourth-order valence-electron chi connectivity index (χ4n) is 3.71. The van der Waals surface area contributed by atoms with Crippen LogP contribution in [0.3, 0.4) is 0 Å². The Labute approximate surface area is 150 Å². The molecule has 2 heterocycles. The molecule has 2 saturated heterocycles. The maximum Gasteiger partial charge on any atom is 0.239 e. The standard InChI is InChI=1S/C19H29N3O3/c1-3-21-12-13-25-14-17(21)19(23)20-15-8-10-22(11-9-15)16-6-4-5-7-18(16)24-2/h4-7,15,17H,3,8-14H2,1-2H3,(H,20,23). The highest BCUT2D eigenvalue weighted by molar-refractivity contribution is 5.82. The number of nitrogens with zero attached hydrogens (tertiary/aromatic N) is 2. The van der Waals surface area contributed by atoms with E-state index in [0.29, 0.717) is 6.61 Å². The molecule has 1 unspecified atom stereocenters. The zero-order valence-electron chi connectivity index (χ0n) is 15.2. The lowest BCUT2D eigenvalue weighted by Gasteiger charge is -2.37. The summed E-state index contributed by atoms with van der Waals surface area (Å²) in [5.41, 5.74) is 1.13. The molecule has 6 heteroatoms. The second-order valence-corrected chi connectivity index (χ2v) is 6.66. The summed E-state index contributed by atoms with van der Waals surface area (Å²) in [4.78, 5) is 17.2. The molecule has 3 rings (SSSR count). The first-order valence-corrected chi connectivity index (χ1v) is 9.23. The van der Waals surface area contributed by atoms with Gasteiger partial charge in [-0.25, -0.2) is 0 Å². The van der Waals surface area contributed by atoms with E-state index in [9.17, 15) is 4.79 Å². The summed E-state index contributed by atoms with van der Waals surface area (Å²) < 4.78 is 11.0. The predicted molar refractivity (Wildman–Crippen MR) is 98.2 cm³/mol. The van der Waals surface area contributed by atoms with Crippen LogP contribution in [-0.2, 0) is 9.53 Å². The second-order valence-electron chi connectivity index (χ2n) is 6.66. The van der Waals surface area contributed by atoms with Gasteiger partial charge in [0.2, 0.25) is 5.91 Å². The molecular weight excluding hydrogens is 318 g/mol. The number of ether oxygens (including phenoxy) is 2. The Bertz CT molecular complexity index is 573. The molecule has 0 bridgehead atoms. The first-order chi connectivity index (χ1) is 12.2. The number of morpholine rings is 1. The summed E-state index contributed by atoms with van der Waals surface area (Å²) in [6.45, 7) is 6.87. The van der Waals surface area contributed by atoms with Crippen LogP contribution in [0.25, 0.3) is 0 Å². The Kier molecular flexibility index (Phi) is 6.15. The van der Waals surface area contributed by atoms with Gasteiger partial charge in [0.1, 0.15) is 11.8 Å². The molecule has 1 atom stereocenters. The second kappa shape index (κ2) is 8.54. The molecule has 2 aliphatic rings. The average Bonchev–Trinajstić information content (AvgIpc) is 2.68. The van der Waals surface area contributed by atoms with Gasteiger partial charge in [-0.15, -0.1) is 0 Å². The molecule has 0 radical (unpaired) electrons. The first-order valence-electron chi connectivity index (χ1n) is 9.23. The fourth-order valence-corrected chi connectivity index (χ4v) is 3.71. The van der Waals surface area contributed by atoms with Crippen molar-refractivity contribution in [2.45, 2.75) is 31.8 Å². The van der Waals surface area contributed by atoms with Gasteiger partial charge in [0.25, 0.3) is 0 Å². The average molecular weight is 347 g/mol. The van der Waals surface area contributed by atoms with Gasteiger partial charge in [0, 0.05) is 25.7 Å². The van der Waals surface area contributed by atoms with Gasteiger partial charge in [0.15, 0.2) is 0 Å². The summed E-state index contributed by atoms with van der Waals surface area (Å²) >= 11 is 0. The van der Waals surface area contributed by atoms with E-state index in [1.54, 1.807) is 7.11 Å². The minimum Gasteiger partial charge on any atom is -0.495 e. The normalized spacial score (nSPS) is 22.6. The Morgan fingerprint density at radius 3 is 2.76 bits per heavy atom. The summed E-state index contributed by atoms with van der Waals surface area (Å²) in [6, 6.07) is 8.20. The Morgan fingerprint density at radius 2 is 2.04 bits per heavy atom. The van der Waals surface area contributed by atoms with Crippen LogP contribution in [-0.4, -0.2) is 69.4 Å². The number of amides is 1. The highest BCUT2D eigenvalue weighted by atomic mass is 16.5. The SMILES string of the molecule is CCN1CCOCC1C(=O)NC1CCN(c2ccccc2OC)CC1. The monoisotopic (exact) mass is 347 g/mol. The summed E-state index contributed by atoms with van der Waals surface area (Å²) in [5.74, 6) is 1.01. The molecule has 1 N–H and O–H groups in total. The Hall–Kier alpha value is -1.79. The van der Waals surface area contributed by atoms with Crippen molar-refractivity contribution < 1.29 is 14.3 Å². The number of para-hydroxylation sites is 2. The van der Waals surface area contributed by atoms with Crippen LogP contribution >= 0.6 is 0 Å². The molecule has 138 valence electrons. The van der Waals surface area contributed by atoms with Crippen LogP contribution < -0.4 is 15.0 Å². The maximum atomic E-state index is 12.6. The third-order valence-electron chi connectivity index (χ3n) is 5.22. The molecule has 2 fully saturated rings. The molecule has 0 aliphatic carbocycles. The summed E-state index contributed by atoms with van der Waals surface area (Å²) in [5, 5.41) is 3.23. The van der Waals surface area contributed by atoms with Crippen LogP contribution in [0.1, 0.15) is 19.8 Å². The van der Waals surface area contributed by atoms with Gasteiger partial charge in [-0.3, -0.25) is 9.69 Å². The Morgan fingerprint density at radius 1 is 1.28 bits per heavy atom. The number of nitrogens with one attached hydrogen (secondary N) is 1. The van der Waals surface area contributed by atoms with Gasteiger partial charge in [-0.2, -0.15) is 0 Å². The molecule has 1 aromatic carbocycles. The van der Waals surface area contributed by atoms with Crippen molar-refractivity contribution in [1.82, 2.24) is 10.2 Å². The van der Waals surface area contributed by atoms with E-state index in [1.807, 2.05) is 18.2 Å². The lowest BCUT2D eigenvalue weighted by molar-refractivity contribution is -0.133. The van der Waals surface area contributed by atoms with Gasteiger partial charge < -0.3 is 19.7 Å². The third-order valence-corrected chi connectivity index (χ3v) is 5.22. The Balaban J connectivity index is 1.53. The van der Waals surface area contributed by atoms with E-state index in [4.69, 9.17) is 9.47 Å². The van der Waals surface area contributed by atoms with Gasteiger partial charge in [-0.1, -0.05) is 19.1 Å². The number of carbonyl (C=O) groups is 1. The predicted octanol–water partition coefficient (Wildman–Crippen LogP) is 1.50. The van der Waals surface area contributed by atoms with Crippen molar-refractivity contribution in [1.29, 1.82) is 0 Å². The number of likely N-dealkylation sites (N-methyl/N-ethyl adjacent to an activating group) is 1. The van der Waals surface area contributed by atoms with Gasteiger partial charge >= 0.3 is 0 Å². The molecular formula is C19H29N3O3. The number of hydrogen-bond donors (Lipinski definition) is 1. The van der Waals surface area contributed by atoms with Crippen molar-refractivity contribution in [3.05, 3.63) is 24.3 Å². The largest absolute Gasteiger partial charge is 0.495 e. The van der Waals surface area contributed by atoms with Gasteiger partial charge in [-0.05, 0) is 31.5 Å². The number of methoxy groups -OCH3 is 1. The van der Waals surface area contributed by atoms with Crippen LogP contribution in [0.2, 0.25) is 0 Å². The van der Waals surface area contributed by atoms with Crippen LogP contribution in [0.5, 0.6) is 5.75 Å². The topological polar surface area (TPSA) is 54.0 Å². The highest BCUT2D eigenvalue weighted by Gasteiger charge is 2.30.